The number of thiazole rings is 1. The third-order valence-corrected chi connectivity index (χ3v) is 4.84. The van der Waals surface area contributed by atoms with Gasteiger partial charge in [-0.05, 0) is 12.1 Å². The van der Waals surface area contributed by atoms with E-state index in [9.17, 15) is 13.2 Å². The Labute approximate surface area is 113 Å². The van der Waals surface area contributed by atoms with Crippen molar-refractivity contribution < 1.29 is 17.9 Å². The molecule has 100 valence electrons. The van der Waals surface area contributed by atoms with Crippen molar-refractivity contribution in [1.29, 1.82) is 0 Å². The molecule has 0 amide bonds. The minimum Gasteiger partial charge on any atom is -0.464 e. The molecule has 0 aliphatic heterocycles. The highest BCUT2D eigenvalue weighted by Gasteiger charge is 2.26. The summed E-state index contributed by atoms with van der Waals surface area (Å²) >= 11 is 0.841. The number of ether oxygens (including phenoxy) is 1. The van der Waals surface area contributed by atoms with Crippen molar-refractivity contribution in [1.82, 2.24) is 9.97 Å². The number of aromatic nitrogens is 2. The molecule has 1 N–H and O–H groups in total. The van der Waals surface area contributed by atoms with Crippen LogP contribution in [0.15, 0.2) is 34.2 Å². The SMILES string of the molecule is COC(=O)c1ncsc1S(=O)(=O)Nc1ccncc1. The van der Waals surface area contributed by atoms with Crippen LogP contribution in [0.25, 0.3) is 0 Å². The fraction of sp³-hybridized carbons (Fsp3) is 0.100. The Balaban J connectivity index is 2.36. The third kappa shape index (κ3) is 2.88. The highest BCUT2D eigenvalue weighted by atomic mass is 32.2. The van der Waals surface area contributed by atoms with Gasteiger partial charge in [-0.1, -0.05) is 0 Å². The van der Waals surface area contributed by atoms with Crippen LogP contribution in [0.3, 0.4) is 0 Å². The molecule has 2 aromatic heterocycles. The summed E-state index contributed by atoms with van der Waals surface area (Å²) in [7, 11) is -2.72. The molecule has 2 aromatic rings. The molecule has 0 unspecified atom stereocenters. The maximum Gasteiger partial charge on any atom is 0.358 e. The smallest absolute Gasteiger partial charge is 0.358 e. The average molecular weight is 299 g/mol. The Morgan fingerprint density at radius 1 is 1.37 bits per heavy atom. The molecule has 0 atom stereocenters. The molecule has 0 saturated heterocycles. The molecular formula is C10H9N3O4S2. The zero-order valence-corrected chi connectivity index (χ0v) is 11.4. The van der Waals surface area contributed by atoms with Crippen LogP contribution in [0.1, 0.15) is 10.5 Å². The first-order valence-electron chi connectivity index (χ1n) is 4.99. The van der Waals surface area contributed by atoms with E-state index >= 15 is 0 Å². The van der Waals surface area contributed by atoms with E-state index in [2.05, 4.69) is 19.4 Å². The van der Waals surface area contributed by atoms with E-state index in [0.29, 0.717) is 5.69 Å². The molecule has 0 aliphatic carbocycles. The number of hydrogen-bond acceptors (Lipinski definition) is 7. The standard InChI is InChI=1S/C10H9N3O4S2/c1-17-9(14)8-10(18-6-12-8)19(15,16)13-7-2-4-11-5-3-7/h2-6H,1H3,(H,11,13). The number of methoxy groups -OCH3 is 1. The monoisotopic (exact) mass is 299 g/mol. The quantitative estimate of drug-likeness (QED) is 0.850. The summed E-state index contributed by atoms with van der Waals surface area (Å²) in [5.41, 5.74) is 1.39. The van der Waals surface area contributed by atoms with Crippen LogP contribution >= 0.6 is 11.3 Å². The van der Waals surface area contributed by atoms with Gasteiger partial charge in [-0.2, -0.15) is 0 Å². The maximum atomic E-state index is 12.1. The van der Waals surface area contributed by atoms with E-state index in [-0.39, 0.29) is 9.90 Å². The Bertz CT molecular complexity index is 682. The fourth-order valence-corrected chi connectivity index (χ4v) is 3.47. The molecule has 9 heteroatoms. The second-order valence-electron chi connectivity index (χ2n) is 3.32. The lowest BCUT2D eigenvalue weighted by molar-refractivity contribution is 0.0590. The van der Waals surface area contributed by atoms with Crippen LogP contribution in [-0.2, 0) is 14.8 Å². The van der Waals surface area contributed by atoms with E-state index in [1.807, 2.05) is 0 Å². The Morgan fingerprint density at radius 2 is 2.05 bits per heavy atom. The largest absolute Gasteiger partial charge is 0.464 e. The first-order chi connectivity index (χ1) is 9.04. The number of nitrogens with one attached hydrogen (secondary N) is 1. The molecule has 0 fully saturated rings. The van der Waals surface area contributed by atoms with Gasteiger partial charge in [0.25, 0.3) is 10.0 Å². The second kappa shape index (κ2) is 5.33. The van der Waals surface area contributed by atoms with Crippen molar-refractivity contribution in [2.24, 2.45) is 0 Å². The van der Waals surface area contributed by atoms with Gasteiger partial charge < -0.3 is 4.74 Å². The zero-order chi connectivity index (χ0) is 13.9. The van der Waals surface area contributed by atoms with Crippen molar-refractivity contribution in [3.8, 4) is 0 Å². The second-order valence-corrected chi connectivity index (χ2v) is 6.05. The van der Waals surface area contributed by atoms with Gasteiger partial charge in [0.2, 0.25) is 0 Å². The number of anilines is 1. The van der Waals surface area contributed by atoms with E-state index in [1.54, 1.807) is 0 Å². The van der Waals surface area contributed by atoms with Gasteiger partial charge in [-0.15, -0.1) is 11.3 Å². The van der Waals surface area contributed by atoms with Crippen molar-refractivity contribution >= 4 is 33.0 Å². The Kier molecular flexibility index (Phi) is 3.76. The lowest BCUT2D eigenvalue weighted by Crippen LogP contribution is -2.16. The minimum atomic E-state index is -3.88. The van der Waals surface area contributed by atoms with E-state index in [1.165, 1.54) is 30.0 Å². The molecule has 0 aliphatic rings. The van der Waals surface area contributed by atoms with Crippen LogP contribution in [0, 0.1) is 0 Å². The number of hydrogen-bond donors (Lipinski definition) is 1. The third-order valence-electron chi connectivity index (χ3n) is 2.09. The van der Waals surface area contributed by atoms with E-state index < -0.39 is 16.0 Å². The molecule has 19 heavy (non-hydrogen) atoms. The predicted molar refractivity (Wildman–Crippen MR) is 68.5 cm³/mol. The molecule has 0 aromatic carbocycles. The number of pyridine rings is 1. The molecule has 0 radical (unpaired) electrons. The van der Waals surface area contributed by atoms with Crippen LogP contribution in [0.4, 0.5) is 5.69 Å². The van der Waals surface area contributed by atoms with Gasteiger partial charge in [-0.25, -0.2) is 18.2 Å². The molecule has 7 nitrogen and oxygen atoms in total. The summed E-state index contributed by atoms with van der Waals surface area (Å²) < 4.78 is 30.9. The van der Waals surface area contributed by atoms with Crippen molar-refractivity contribution in [2.75, 3.05) is 11.8 Å². The van der Waals surface area contributed by atoms with Crippen LogP contribution in [-0.4, -0.2) is 31.5 Å². The molecule has 0 saturated carbocycles. The summed E-state index contributed by atoms with van der Waals surface area (Å²) in [6.45, 7) is 0. The van der Waals surface area contributed by atoms with Gasteiger partial charge in [0, 0.05) is 12.4 Å². The maximum absolute atomic E-state index is 12.1. The fourth-order valence-electron chi connectivity index (χ4n) is 1.28. The lowest BCUT2D eigenvalue weighted by atomic mass is 10.4. The predicted octanol–water partition coefficient (Wildman–Crippen LogP) is 1.13. The van der Waals surface area contributed by atoms with Crippen molar-refractivity contribution in [3.63, 3.8) is 0 Å². The minimum absolute atomic E-state index is 0.184. The highest BCUT2D eigenvalue weighted by Crippen LogP contribution is 2.23. The average Bonchev–Trinajstić information content (AvgIpc) is 2.88. The van der Waals surface area contributed by atoms with Gasteiger partial charge >= 0.3 is 5.97 Å². The Morgan fingerprint density at radius 3 is 2.68 bits per heavy atom. The number of nitrogens with zero attached hydrogens (tertiary/aromatic N) is 2. The van der Waals surface area contributed by atoms with Gasteiger partial charge in [-0.3, -0.25) is 9.71 Å². The molecule has 0 spiro atoms. The first-order valence-corrected chi connectivity index (χ1v) is 7.35. The lowest BCUT2D eigenvalue weighted by Gasteiger charge is -2.06. The summed E-state index contributed by atoms with van der Waals surface area (Å²) in [6, 6.07) is 2.99. The number of esters is 1. The number of rotatable bonds is 4. The summed E-state index contributed by atoms with van der Waals surface area (Å²) in [5.74, 6) is -0.795. The van der Waals surface area contributed by atoms with E-state index in [0.717, 1.165) is 18.4 Å². The van der Waals surface area contributed by atoms with Gasteiger partial charge in [0.1, 0.15) is 0 Å². The van der Waals surface area contributed by atoms with Crippen LogP contribution < -0.4 is 4.72 Å². The van der Waals surface area contributed by atoms with Gasteiger partial charge in [0.15, 0.2) is 9.90 Å². The van der Waals surface area contributed by atoms with E-state index in [4.69, 9.17) is 0 Å². The summed E-state index contributed by atoms with van der Waals surface area (Å²) in [5, 5.41) is 0. The van der Waals surface area contributed by atoms with Crippen molar-refractivity contribution in [3.05, 3.63) is 35.7 Å². The van der Waals surface area contributed by atoms with Crippen molar-refractivity contribution in [2.45, 2.75) is 4.21 Å². The first kappa shape index (κ1) is 13.4. The normalized spacial score (nSPS) is 11.0. The van der Waals surface area contributed by atoms with Crippen LogP contribution in [0.5, 0.6) is 0 Å². The van der Waals surface area contributed by atoms with Crippen LogP contribution in [0.2, 0.25) is 0 Å². The van der Waals surface area contributed by atoms with Gasteiger partial charge in [0.05, 0.1) is 18.3 Å². The molecular weight excluding hydrogens is 290 g/mol. The summed E-state index contributed by atoms with van der Waals surface area (Å²) in [4.78, 5) is 18.9. The molecule has 0 bridgehead atoms. The highest BCUT2D eigenvalue weighted by molar-refractivity contribution is 7.94. The number of sulfonamides is 1. The number of carbonyl (C=O) groups excluding carboxylic acids is 1. The Hall–Kier alpha value is -2.00. The molecule has 2 heterocycles. The molecule has 2 rings (SSSR count). The topological polar surface area (TPSA) is 98.2 Å². The summed E-state index contributed by atoms with van der Waals surface area (Å²) in [6.07, 6.45) is 2.90. The number of carbonyl (C=O) groups is 1. The zero-order valence-electron chi connectivity index (χ0n) is 9.73.